The third kappa shape index (κ3) is 1.10. The van der Waals surface area contributed by atoms with Gasteiger partial charge >= 0.3 is 0 Å². The molecule has 2 nitrogen and oxygen atoms in total. The Bertz CT molecular complexity index is 176. The van der Waals surface area contributed by atoms with Gasteiger partial charge in [0.05, 0.1) is 11.2 Å². The van der Waals surface area contributed by atoms with Gasteiger partial charge in [-0.2, -0.15) is 11.8 Å². The van der Waals surface area contributed by atoms with Crippen molar-refractivity contribution in [2.75, 3.05) is 6.26 Å². The Morgan fingerprint density at radius 1 is 1.50 bits per heavy atom. The van der Waals surface area contributed by atoms with Gasteiger partial charge in [-0.25, -0.2) is 0 Å². The zero-order valence-corrected chi connectivity index (χ0v) is 6.90. The van der Waals surface area contributed by atoms with Crippen molar-refractivity contribution >= 4 is 23.3 Å². The fourth-order valence-corrected chi connectivity index (χ4v) is 1.86. The third-order valence-electron chi connectivity index (χ3n) is 1.90. The van der Waals surface area contributed by atoms with E-state index in [1.807, 2.05) is 6.26 Å². The van der Waals surface area contributed by atoms with Gasteiger partial charge in [0, 0.05) is 6.42 Å². The summed E-state index contributed by atoms with van der Waals surface area (Å²) in [7, 11) is 0. The lowest BCUT2D eigenvalue weighted by molar-refractivity contribution is -0.126. The van der Waals surface area contributed by atoms with Gasteiger partial charge in [0.1, 0.15) is 5.78 Å². The molecule has 2 unspecified atom stereocenters. The molecule has 0 heterocycles. The van der Waals surface area contributed by atoms with Crippen molar-refractivity contribution in [2.24, 2.45) is 5.92 Å². The first kappa shape index (κ1) is 7.79. The summed E-state index contributed by atoms with van der Waals surface area (Å²) in [6.07, 6.45) is 2.31. The summed E-state index contributed by atoms with van der Waals surface area (Å²) >= 11 is 1.48. The molecular weight excluding hydrogens is 148 g/mol. The lowest BCUT2D eigenvalue weighted by atomic mass is 10.1. The van der Waals surface area contributed by atoms with Gasteiger partial charge in [-0.05, 0) is 13.2 Å². The molecule has 3 heteroatoms. The van der Waals surface area contributed by atoms with Crippen LogP contribution >= 0.6 is 11.8 Å². The Kier molecular flexibility index (Phi) is 2.14. The molecule has 0 N–H and O–H groups in total. The minimum Gasteiger partial charge on any atom is -0.299 e. The highest BCUT2D eigenvalue weighted by Gasteiger charge is 2.37. The van der Waals surface area contributed by atoms with E-state index in [9.17, 15) is 9.59 Å². The molecule has 0 aromatic rings. The molecule has 56 valence electrons. The molecule has 0 spiro atoms. The monoisotopic (exact) mass is 158 g/mol. The first-order chi connectivity index (χ1) is 4.66. The van der Waals surface area contributed by atoms with Crippen molar-refractivity contribution in [3.63, 3.8) is 0 Å². The summed E-state index contributed by atoms with van der Waals surface area (Å²) in [6.45, 7) is 1.70. The smallest absolute Gasteiger partial charge is 0.156 e. The summed E-state index contributed by atoms with van der Waals surface area (Å²) in [6, 6.07) is 0. The minimum absolute atomic E-state index is 0.0532. The van der Waals surface area contributed by atoms with Crippen LogP contribution in [0.25, 0.3) is 0 Å². The maximum Gasteiger partial charge on any atom is 0.156 e. The largest absolute Gasteiger partial charge is 0.299 e. The van der Waals surface area contributed by atoms with Gasteiger partial charge in [0.15, 0.2) is 5.78 Å². The topological polar surface area (TPSA) is 34.1 Å². The highest BCUT2D eigenvalue weighted by atomic mass is 32.2. The summed E-state index contributed by atoms with van der Waals surface area (Å²) < 4.78 is 0. The molecule has 1 saturated carbocycles. The van der Waals surface area contributed by atoms with E-state index < -0.39 is 0 Å². The van der Waals surface area contributed by atoms with Crippen molar-refractivity contribution < 1.29 is 9.59 Å². The Morgan fingerprint density at radius 3 is 2.30 bits per heavy atom. The van der Waals surface area contributed by atoms with Crippen LogP contribution in [0.3, 0.4) is 0 Å². The average molecular weight is 158 g/mol. The molecule has 0 aliphatic heterocycles. The number of ketones is 2. The second-order valence-corrected chi connectivity index (χ2v) is 3.56. The summed E-state index contributed by atoms with van der Waals surface area (Å²) in [5.41, 5.74) is 0. The van der Waals surface area contributed by atoms with E-state index in [0.29, 0.717) is 6.42 Å². The number of thioether (sulfide) groups is 1. The fourth-order valence-electron chi connectivity index (χ4n) is 1.10. The lowest BCUT2D eigenvalue weighted by Gasteiger charge is -2.00. The quantitative estimate of drug-likeness (QED) is 0.532. The SMILES string of the molecule is CSC1CC(=O)C(C)C1=O. The summed E-state index contributed by atoms with van der Waals surface area (Å²) in [4.78, 5) is 22.0. The molecule has 1 aliphatic carbocycles. The Labute approximate surface area is 64.4 Å². The molecule has 0 saturated heterocycles. The fraction of sp³-hybridized carbons (Fsp3) is 0.714. The van der Waals surface area contributed by atoms with Gasteiger partial charge in [-0.3, -0.25) is 9.59 Å². The van der Waals surface area contributed by atoms with E-state index in [-0.39, 0.29) is 22.7 Å². The van der Waals surface area contributed by atoms with Gasteiger partial charge in [-0.15, -0.1) is 0 Å². The highest BCUT2D eigenvalue weighted by molar-refractivity contribution is 8.00. The van der Waals surface area contributed by atoms with E-state index in [2.05, 4.69) is 0 Å². The molecule has 0 radical (unpaired) electrons. The van der Waals surface area contributed by atoms with Gasteiger partial charge in [0.2, 0.25) is 0 Å². The van der Waals surface area contributed by atoms with Crippen LogP contribution in [0.4, 0.5) is 0 Å². The highest BCUT2D eigenvalue weighted by Crippen LogP contribution is 2.26. The number of rotatable bonds is 1. The standard InChI is InChI=1S/C7H10O2S/c1-4-5(8)3-6(10-2)7(4)9/h4,6H,3H2,1-2H3. The molecular formula is C7H10O2S. The third-order valence-corrected chi connectivity index (χ3v) is 2.87. The minimum atomic E-state index is -0.336. The predicted octanol–water partition coefficient (Wildman–Crippen LogP) is 0.896. The molecule has 10 heavy (non-hydrogen) atoms. The van der Waals surface area contributed by atoms with Crippen LogP contribution in [0.2, 0.25) is 0 Å². The summed E-state index contributed by atoms with van der Waals surface area (Å²) in [5, 5.41) is -0.0532. The molecule has 1 aliphatic rings. The molecule has 1 fully saturated rings. The molecule has 0 bridgehead atoms. The van der Waals surface area contributed by atoms with Gasteiger partial charge in [-0.1, -0.05) is 0 Å². The Hall–Kier alpha value is -0.310. The number of hydrogen-bond acceptors (Lipinski definition) is 3. The van der Waals surface area contributed by atoms with Crippen LogP contribution in [0.15, 0.2) is 0 Å². The van der Waals surface area contributed by atoms with Crippen molar-refractivity contribution in [1.29, 1.82) is 0 Å². The van der Waals surface area contributed by atoms with E-state index >= 15 is 0 Å². The van der Waals surface area contributed by atoms with E-state index in [1.165, 1.54) is 11.8 Å². The molecule has 2 atom stereocenters. The molecule has 1 rings (SSSR count). The summed E-state index contributed by atoms with van der Waals surface area (Å²) in [5.74, 6) is -0.126. The van der Waals surface area contributed by atoms with E-state index in [0.717, 1.165) is 0 Å². The molecule has 0 amide bonds. The van der Waals surface area contributed by atoms with Crippen molar-refractivity contribution in [2.45, 2.75) is 18.6 Å². The van der Waals surface area contributed by atoms with Crippen molar-refractivity contribution in [3.8, 4) is 0 Å². The lowest BCUT2D eigenvalue weighted by Crippen LogP contribution is -2.14. The number of carbonyl (C=O) groups is 2. The van der Waals surface area contributed by atoms with Crippen LogP contribution in [-0.4, -0.2) is 23.1 Å². The van der Waals surface area contributed by atoms with Gasteiger partial charge < -0.3 is 0 Å². The number of hydrogen-bond donors (Lipinski definition) is 0. The average Bonchev–Trinajstić information content (AvgIpc) is 2.17. The Balaban J connectivity index is 2.71. The second kappa shape index (κ2) is 2.74. The number of Topliss-reactive ketones (excluding diaryl/α,β-unsaturated/α-hetero) is 2. The Morgan fingerprint density at radius 2 is 2.10 bits per heavy atom. The predicted molar refractivity (Wildman–Crippen MR) is 41.1 cm³/mol. The van der Waals surface area contributed by atoms with Crippen LogP contribution in [0, 0.1) is 5.92 Å². The first-order valence-corrected chi connectivity index (χ1v) is 4.55. The van der Waals surface area contributed by atoms with Gasteiger partial charge in [0.25, 0.3) is 0 Å². The first-order valence-electron chi connectivity index (χ1n) is 3.26. The maximum absolute atomic E-state index is 11.1. The molecule has 0 aromatic heterocycles. The van der Waals surface area contributed by atoms with Crippen LogP contribution < -0.4 is 0 Å². The zero-order chi connectivity index (χ0) is 7.72. The van der Waals surface area contributed by atoms with Crippen molar-refractivity contribution in [3.05, 3.63) is 0 Å². The van der Waals surface area contributed by atoms with E-state index in [4.69, 9.17) is 0 Å². The van der Waals surface area contributed by atoms with Crippen molar-refractivity contribution in [1.82, 2.24) is 0 Å². The zero-order valence-electron chi connectivity index (χ0n) is 6.09. The van der Waals surface area contributed by atoms with Crippen LogP contribution in [0.5, 0.6) is 0 Å². The van der Waals surface area contributed by atoms with Crippen LogP contribution in [-0.2, 0) is 9.59 Å². The second-order valence-electron chi connectivity index (χ2n) is 2.52. The van der Waals surface area contributed by atoms with Crippen LogP contribution in [0.1, 0.15) is 13.3 Å². The molecule has 0 aromatic carbocycles. The van der Waals surface area contributed by atoms with E-state index in [1.54, 1.807) is 6.92 Å². The normalized spacial score (nSPS) is 33.4. The number of carbonyl (C=O) groups excluding carboxylic acids is 2. The maximum atomic E-state index is 11.1.